The van der Waals surface area contributed by atoms with Crippen LogP contribution in [0.1, 0.15) is 29.5 Å². The molecule has 0 saturated heterocycles. The first kappa shape index (κ1) is 26.8. The molecule has 40 heavy (non-hydrogen) atoms. The molecule has 2 aliphatic rings. The van der Waals surface area contributed by atoms with Gasteiger partial charge in [-0.3, -0.25) is 13.9 Å². The van der Waals surface area contributed by atoms with Gasteiger partial charge in [-0.15, -0.1) is 15.7 Å². The molecule has 2 aromatic heterocycles. The van der Waals surface area contributed by atoms with Gasteiger partial charge in [0.2, 0.25) is 10.0 Å². The third-order valence-electron chi connectivity index (χ3n) is 6.75. The van der Waals surface area contributed by atoms with Crippen LogP contribution in [0.15, 0.2) is 74.1 Å². The smallest absolute Gasteiger partial charge is 0.284 e. The maximum Gasteiger partial charge on any atom is 0.284 e. The van der Waals surface area contributed by atoms with E-state index in [0.29, 0.717) is 39.5 Å². The van der Waals surface area contributed by atoms with Crippen molar-refractivity contribution in [2.45, 2.75) is 30.0 Å². The summed E-state index contributed by atoms with van der Waals surface area (Å²) in [6.07, 6.45) is 2.15. The molecule has 3 heterocycles. The van der Waals surface area contributed by atoms with Crippen molar-refractivity contribution in [1.82, 2.24) is 9.40 Å². The summed E-state index contributed by atoms with van der Waals surface area (Å²) in [5.74, 6) is -0.266. The summed E-state index contributed by atoms with van der Waals surface area (Å²) in [4.78, 5) is 13.7. The maximum atomic E-state index is 13.6. The molecule has 11 nitrogen and oxygen atoms in total. The van der Waals surface area contributed by atoms with Gasteiger partial charge in [-0.05, 0) is 41.8 Å². The van der Waals surface area contributed by atoms with E-state index in [1.54, 1.807) is 60.0 Å². The number of thiophene rings is 1. The van der Waals surface area contributed by atoms with Crippen LogP contribution >= 0.6 is 22.1 Å². The lowest BCUT2D eigenvalue weighted by Gasteiger charge is -2.33. The molecule has 14 heteroatoms. The second kappa shape index (κ2) is 10.2. The van der Waals surface area contributed by atoms with Crippen LogP contribution in [0.3, 0.4) is 0 Å². The summed E-state index contributed by atoms with van der Waals surface area (Å²) < 4.78 is 55.4. The first-order chi connectivity index (χ1) is 19.1. The average molecular weight is 602 g/mol. The van der Waals surface area contributed by atoms with Crippen LogP contribution in [-0.4, -0.2) is 39.7 Å². The van der Waals surface area contributed by atoms with E-state index in [-0.39, 0.29) is 34.3 Å². The summed E-state index contributed by atoms with van der Waals surface area (Å²) in [7, 11) is -7.56. The van der Waals surface area contributed by atoms with Crippen LogP contribution in [0.4, 0.5) is 5.00 Å². The van der Waals surface area contributed by atoms with Crippen LogP contribution in [0.2, 0.25) is 0 Å². The normalized spacial score (nSPS) is 17.1. The molecule has 210 valence electrons. The van der Waals surface area contributed by atoms with Crippen molar-refractivity contribution in [3.8, 4) is 5.75 Å². The van der Waals surface area contributed by atoms with E-state index in [9.17, 15) is 27.4 Å². The molecule has 6 N–H and O–H groups in total. The van der Waals surface area contributed by atoms with Gasteiger partial charge in [0.15, 0.2) is 5.84 Å². The number of anilines is 1. The fourth-order valence-electron chi connectivity index (χ4n) is 4.57. The Labute approximate surface area is 235 Å². The Bertz CT molecular complexity index is 1800. The molecule has 0 unspecified atom stereocenters. The van der Waals surface area contributed by atoms with E-state index in [4.69, 9.17) is 0 Å². The standard InChI is InChI=1S/C26H27N5O6S3/c32-22-19-8-4-5-9-20(19)31(27-12-16-10-11-16)26(33)21(22)24-29-25-23(40(36,37)30-24)18(14-38-25)13-28-39(34,35)15-17-6-2-1-3-7-17/h1-9,14,16,27-28,32,36-37H,10-13,15H2,(H,29,30). The Morgan fingerprint density at radius 3 is 2.58 bits per heavy atom. The van der Waals surface area contributed by atoms with Crippen molar-refractivity contribution in [1.29, 1.82) is 0 Å². The number of para-hydroxylation sites is 1. The Balaban J connectivity index is 1.32. The zero-order valence-corrected chi connectivity index (χ0v) is 23.5. The predicted molar refractivity (Wildman–Crippen MR) is 158 cm³/mol. The summed E-state index contributed by atoms with van der Waals surface area (Å²) in [5.41, 5.74) is 3.80. The number of nitrogens with zero attached hydrogens (tertiary/aromatic N) is 2. The number of amidine groups is 1. The number of sulfonamides is 1. The second-order valence-electron chi connectivity index (χ2n) is 9.76. The number of hydrogen-bond donors (Lipinski definition) is 6. The fourth-order valence-corrected chi connectivity index (χ4v) is 8.36. The lowest BCUT2D eigenvalue weighted by Crippen LogP contribution is -2.36. The van der Waals surface area contributed by atoms with Gasteiger partial charge in [-0.1, -0.05) is 53.2 Å². The van der Waals surface area contributed by atoms with E-state index >= 15 is 0 Å². The van der Waals surface area contributed by atoms with E-state index in [2.05, 4.69) is 19.9 Å². The molecular formula is C26H27N5O6S3. The van der Waals surface area contributed by atoms with E-state index < -0.39 is 26.4 Å². The number of aromatic hydroxyl groups is 1. The summed E-state index contributed by atoms with van der Waals surface area (Å²) >= 11 is 1.12. The lowest BCUT2D eigenvalue weighted by molar-refractivity contribution is 0.478. The molecule has 0 atom stereocenters. The molecule has 4 aromatic rings. The van der Waals surface area contributed by atoms with Crippen LogP contribution < -0.4 is 21.0 Å². The Kier molecular flexibility index (Phi) is 6.84. The average Bonchev–Trinajstić information content (AvgIpc) is 3.64. The quantitative estimate of drug-likeness (QED) is 0.166. The summed E-state index contributed by atoms with van der Waals surface area (Å²) in [6, 6.07) is 15.6. The highest BCUT2D eigenvalue weighted by Crippen LogP contribution is 2.59. The fraction of sp³-hybridized carbons (Fsp3) is 0.231. The second-order valence-corrected chi connectivity index (χ2v) is 14.1. The van der Waals surface area contributed by atoms with Gasteiger partial charge in [0.05, 0.1) is 11.3 Å². The van der Waals surface area contributed by atoms with Gasteiger partial charge in [0.25, 0.3) is 5.56 Å². The molecule has 0 amide bonds. The maximum absolute atomic E-state index is 13.6. The monoisotopic (exact) mass is 601 g/mol. The van der Waals surface area contributed by atoms with Gasteiger partial charge in [-0.2, -0.15) is 0 Å². The SMILES string of the molecule is O=c1c(C2=NS(O)(O)c3c(CNS(=O)(=O)Cc4ccccc4)csc3N2)c(O)c2ccccc2n1NCC1CC1. The topological polar surface area (TPSA) is 165 Å². The zero-order chi connectivity index (χ0) is 28.1. The Hall–Kier alpha value is -3.40. The highest BCUT2D eigenvalue weighted by molar-refractivity contribution is 8.23. The van der Waals surface area contributed by atoms with E-state index in [0.717, 1.165) is 24.2 Å². The minimum absolute atomic E-state index is 0.0520. The number of benzene rings is 2. The molecular weight excluding hydrogens is 575 g/mol. The van der Waals surface area contributed by atoms with Crippen LogP contribution in [0.5, 0.6) is 5.75 Å². The molecule has 1 aliphatic heterocycles. The highest BCUT2D eigenvalue weighted by atomic mass is 32.3. The molecule has 1 fully saturated rings. The minimum Gasteiger partial charge on any atom is -0.506 e. The van der Waals surface area contributed by atoms with Crippen molar-refractivity contribution in [3.63, 3.8) is 0 Å². The van der Waals surface area contributed by atoms with E-state index in [1.807, 2.05) is 0 Å². The number of fused-ring (bicyclic) bond motifs is 2. The van der Waals surface area contributed by atoms with Crippen molar-refractivity contribution in [2.24, 2.45) is 10.3 Å². The molecule has 0 radical (unpaired) electrons. The van der Waals surface area contributed by atoms with Crippen LogP contribution in [-0.2, 0) is 22.3 Å². The molecule has 1 saturated carbocycles. The Morgan fingerprint density at radius 2 is 1.82 bits per heavy atom. The third kappa shape index (κ3) is 5.21. The van der Waals surface area contributed by atoms with Crippen LogP contribution in [0, 0.1) is 5.92 Å². The summed E-state index contributed by atoms with van der Waals surface area (Å²) in [6.45, 7) is 0.407. The number of pyridine rings is 1. The molecule has 6 rings (SSSR count). The number of nitrogens with one attached hydrogen (secondary N) is 3. The highest BCUT2D eigenvalue weighted by Gasteiger charge is 2.34. The van der Waals surface area contributed by atoms with Gasteiger partial charge in [-0.25, -0.2) is 17.8 Å². The van der Waals surface area contributed by atoms with Gasteiger partial charge in [0.1, 0.15) is 21.2 Å². The lowest BCUT2D eigenvalue weighted by atomic mass is 10.1. The van der Waals surface area contributed by atoms with Crippen molar-refractivity contribution >= 4 is 53.9 Å². The van der Waals surface area contributed by atoms with Crippen molar-refractivity contribution in [2.75, 3.05) is 17.3 Å². The van der Waals surface area contributed by atoms with Crippen LogP contribution in [0.25, 0.3) is 10.9 Å². The first-order valence-corrected chi connectivity index (χ1v) is 16.5. The van der Waals surface area contributed by atoms with E-state index in [1.165, 1.54) is 4.68 Å². The Morgan fingerprint density at radius 1 is 1.10 bits per heavy atom. The third-order valence-corrected chi connectivity index (χ3v) is 10.6. The number of rotatable bonds is 9. The first-order valence-electron chi connectivity index (χ1n) is 12.5. The van der Waals surface area contributed by atoms with Crippen molar-refractivity contribution in [3.05, 3.63) is 87.0 Å². The number of hydrogen-bond acceptors (Lipinski definition) is 10. The van der Waals surface area contributed by atoms with Gasteiger partial charge < -0.3 is 15.8 Å². The molecule has 0 bridgehead atoms. The summed E-state index contributed by atoms with van der Waals surface area (Å²) in [5, 5.41) is 16.4. The predicted octanol–water partition coefficient (Wildman–Crippen LogP) is 4.24. The van der Waals surface area contributed by atoms with Gasteiger partial charge in [0, 0.05) is 24.0 Å². The largest absolute Gasteiger partial charge is 0.506 e. The molecule has 0 spiro atoms. The molecule has 1 aliphatic carbocycles. The number of aromatic nitrogens is 1. The van der Waals surface area contributed by atoms with Gasteiger partial charge >= 0.3 is 0 Å². The minimum atomic E-state index is -3.85. The van der Waals surface area contributed by atoms with Crippen molar-refractivity contribution < 1.29 is 22.6 Å². The zero-order valence-electron chi connectivity index (χ0n) is 21.1. The molecule has 2 aromatic carbocycles.